The lowest BCUT2D eigenvalue weighted by molar-refractivity contribution is -0.113. The van der Waals surface area contributed by atoms with Crippen molar-refractivity contribution in [3.8, 4) is 5.75 Å². The minimum Gasteiger partial charge on any atom is -0.495 e. The van der Waals surface area contributed by atoms with Crippen molar-refractivity contribution in [2.75, 3.05) is 18.2 Å². The number of thioether (sulfide) groups is 1. The lowest BCUT2D eigenvalue weighted by Gasteiger charge is -2.09. The summed E-state index contributed by atoms with van der Waals surface area (Å²) in [5, 5.41) is 2.86. The highest BCUT2D eigenvalue weighted by Crippen LogP contribution is 2.29. The van der Waals surface area contributed by atoms with Crippen molar-refractivity contribution in [3.05, 3.63) is 48.5 Å². The first kappa shape index (κ1) is 14.9. The molecule has 4 nitrogen and oxygen atoms in total. The van der Waals surface area contributed by atoms with Gasteiger partial charge in [-0.1, -0.05) is 36.0 Å². The van der Waals surface area contributed by atoms with E-state index in [1.807, 2.05) is 48.5 Å². The number of thiazole rings is 1. The van der Waals surface area contributed by atoms with E-state index in [2.05, 4.69) is 10.3 Å². The monoisotopic (exact) mass is 330 g/mol. The highest BCUT2D eigenvalue weighted by atomic mass is 32.2. The molecule has 3 aromatic rings. The van der Waals surface area contributed by atoms with Crippen LogP contribution in [0.3, 0.4) is 0 Å². The topological polar surface area (TPSA) is 51.2 Å². The summed E-state index contributed by atoms with van der Waals surface area (Å²) >= 11 is 3.04. The van der Waals surface area contributed by atoms with E-state index in [4.69, 9.17) is 4.74 Å². The van der Waals surface area contributed by atoms with E-state index in [1.165, 1.54) is 11.8 Å². The SMILES string of the molecule is COc1ccccc1NC(=O)CSc1nc2ccccc2s1. The highest BCUT2D eigenvalue weighted by Gasteiger charge is 2.09. The predicted molar refractivity (Wildman–Crippen MR) is 92.0 cm³/mol. The molecule has 0 bridgehead atoms. The first-order valence-electron chi connectivity index (χ1n) is 6.67. The lowest BCUT2D eigenvalue weighted by atomic mass is 10.3. The van der Waals surface area contributed by atoms with Gasteiger partial charge in [0.2, 0.25) is 5.91 Å². The van der Waals surface area contributed by atoms with Crippen molar-refractivity contribution >= 4 is 44.9 Å². The number of rotatable bonds is 5. The number of nitrogens with one attached hydrogen (secondary N) is 1. The summed E-state index contributed by atoms with van der Waals surface area (Å²) < 4.78 is 7.25. The number of hydrogen-bond donors (Lipinski definition) is 1. The van der Waals surface area contributed by atoms with Gasteiger partial charge in [-0.05, 0) is 24.3 Å². The summed E-state index contributed by atoms with van der Waals surface area (Å²) in [6.45, 7) is 0. The van der Waals surface area contributed by atoms with Crippen LogP contribution in [0.1, 0.15) is 0 Å². The smallest absolute Gasteiger partial charge is 0.234 e. The summed E-state index contributed by atoms with van der Waals surface area (Å²) in [7, 11) is 1.58. The number of ether oxygens (including phenoxy) is 1. The van der Waals surface area contributed by atoms with Crippen LogP contribution in [-0.2, 0) is 4.79 Å². The van der Waals surface area contributed by atoms with E-state index < -0.39 is 0 Å². The molecule has 1 N–H and O–H groups in total. The molecule has 22 heavy (non-hydrogen) atoms. The van der Waals surface area contributed by atoms with Crippen molar-refractivity contribution in [3.63, 3.8) is 0 Å². The standard InChI is InChI=1S/C16H14N2O2S2/c1-20-13-8-4-2-6-11(13)17-15(19)10-21-16-18-12-7-3-5-9-14(12)22-16/h2-9H,10H2,1H3,(H,17,19). The Balaban J connectivity index is 1.62. The number of hydrogen-bond acceptors (Lipinski definition) is 5. The number of para-hydroxylation sites is 3. The normalized spacial score (nSPS) is 10.6. The summed E-state index contributed by atoms with van der Waals surface area (Å²) in [5.41, 5.74) is 1.65. The zero-order valence-corrected chi connectivity index (χ0v) is 13.5. The maximum absolute atomic E-state index is 12.1. The van der Waals surface area contributed by atoms with Gasteiger partial charge in [0.05, 0.1) is 28.8 Å². The Labute approximate surface area is 136 Å². The molecule has 0 saturated heterocycles. The van der Waals surface area contributed by atoms with Crippen LogP contribution in [0.25, 0.3) is 10.2 Å². The number of nitrogens with zero attached hydrogens (tertiary/aromatic N) is 1. The average molecular weight is 330 g/mol. The predicted octanol–water partition coefficient (Wildman–Crippen LogP) is 4.04. The number of aromatic nitrogens is 1. The van der Waals surface area contributed by atoms with Crippen LogP contribution in [0.15, 0.2) is 52.9 Å². The van der Waals surface area contributed by atoms with Gasteiger partial charge in [0.25, 0.3) is 0 Å². The Morgan fingerprint density at radius 1 is 1.23 bits per heavy atom. The number of methoxy groups -OCH3 is 1. The highest BCUT2D eigenvalue weighted by molar-refractivity contribution is 8.01. The van der Waals surface area contributed by atoms with Crippen LogP contribution in [0.2, 0.25) is 0 Å². The van der Waals surface area contributed by atoms with Gasteiger partial charge in [0.1, 0.15) is 5.75 Å². The molecule has 0 atom stereocenters. The Bertz CT molecular complexity index is 768. The molecule has 0 fully saturated rings. The summed E-state index contributed by atoms with van der Waals surface area (Å²) in [5.74, 6) is 0.896. The third kappa shape index (κ3) is 3.40. The van der Waals surface area contributed by atoms with Crippen molar-refractivity contribution < 1.29 is 9.53 Å². The first-order valence-corrected chi connectivity index (χ1v) is 8.48. The van der Waals surface area contributed by atoms with E-state index in [0.29, 0.717) is 17.2 Å². The van der Waals surface area contributed by atoms with Gasteiger partial charge in [-0.15, -0.1) is 11.3 Å². The van der Waals surface area contributed by atoms with E-state index >= 15 is 0 Å². The van der Waals surface area contributed by atoms with Gasteiger partial charge in [0.15, 0.2) is 4.34 Å². The van der Waals surface area contributed by atoms with Crippen LogP contribution in [0, 0.1) is 0 Å². The van der Waals surface area contributed by atoms with Gasteiger partial charge < -0.3 is 10.1 Å². The summed E-state index contributed by atoms with van der Waals surface area (Å²) in [6, 6.07) is 15.3. The maximum Gasteiger partial charge on any atom is 0.234 e. The summed E-state index contributed by atoms with van der Waals surface area (Å²) in [4.78, 5) is 16.6. The quantitative estimate of drug-likeness (QED) is 0.718. The fraction of sp³-hybridized carbons (Fsp3) is 0.125. The Kier molecular flexibility index (Phi) is 4.60. The second-order valence-corrected chi connectivity index (χ2v) is 6.74. The number of carbonyl (C=O) groups excluding carboxylic acids is 1. The number of benzene rings is 2. The molecular formula is C16H14N2O2S2. The second-order valence-electron chi connectivity index (χ2n) is 4.48. The Morgan fingerprint density at radius 2 is 2.00 bits per heavy atom. The second kappa shape index (κ2) is 6.81. The van der Waals surface area contributed by atoms with Gasteiger partial charge in [0, 0.05) is 0 Å². The van der Waals surface area contributed by atoms with E-state index in [-0.39, 0.29) is 5.91 Å². The summed E-state index contributed by atoms with van der Waals surface area (Å²) in [6.07, 6.45) is 0. The van der Waals surface area contributed by atoms with Crippen molar-refractivity contribution in [1.82, 2.24) is 4.98 Å². The zero-order valence-electron chi connectivity index (χ0n) is 11.9. The van der Waals surface area contributed by atoms with E-state index in [1.54, 1.807) is 18.4 Å². The third-order valence-electron chi connectivity index (χ3n) is 2.98. The molecule has 1 amide bonds. The number of carbonyl (C=O) groups is 1. The van der Waals surface area contributed by atoms with Gasteiger partial charge in [-0.2, -0.15) is 0 Å². The van der Waals surface area contributed by atoms with Crippen LogP contribution in [0.4, 0.5) is 5.69 Å². The fourth-order valence-corrected chi connectivity index (χ4v) is 3.84. The molecule has 112 valence electrons. The van der Waals surface area contributed by atoms with Crippen LogP contribution in [-0.4, -0.2) is 23.8 Å². The molecule has 0 radical (unpaired) electrons. The third-order valence-corrected chi connectivity index (χ3v) is 5.16. The van der Waals surface area contributed by atoms with Crippen LogP contribution < -0.4 is 10.1 Å². The molecule has 6 heteroatoms. The Morgan fingerprint density at radius 3 is 2.82 bits per heavy atom. The molecule has 1 heterocycles. The van der Waals surface area contributed by atoms with Gasteiger partial charge in [-0.25, -0.2) is 4.98 Å². The maximum atomic E-state index is 12.1. The van der Waals surface area contributed by atoms with Crippen LogP contribution in [0.5, 0.6) is 5.75 Å². The average Bonchev–Trinajstić information content (AvgIpc) is 2.96. The zero-order chi connectivity index (χ0) is 15.4. The molecule has 0 unspecified atom stereocenters. The van der Waals surface area contributed by atoms with E-state index in [0.717, 1.165) is 14.6 Å². The van der Waals surface area contributed by atoms with Gasteiger partial charge >= 0.3 is 0 Å². The molecule has 0 aliphatic heterocycles. The molecule has 0 spiro atoms. The first-order chi connectivity index (χ1) is 10.8. The lowest BCUT2D eigenvalue weighted by Crippen LogP contribution is -2.14. The van der Waals surface area contributed by atoms with Crippen molar-refractivity contribution in [2.45, 2.75) is 4.34 Å². The Hall–Kier alpha value is -2.05. The van der Waals surface area contributed by atoms with E-state index in [9.17, 15) is 4.79 Å². The molecule has 1 aromatic heterocycles. The number of amides is 1. The van der Waals surface area contributed by atoms with Crippen LogP contribution >= 0.6 is 23.1 Å². The molecule has 3 rings (SSSR count). The fourth-order valence-electron chi connectivity index (χ4n) is 1.97. The van der Waals surface area contributed by atoms with Crippen molar-refractivity contribution in [2.24, 2.45) is 0 Å². The largest absolute Gasteiger partial charge is 0.495 e. The molecule has 0 saturated carbocycles. The molecular weight excluding hydrogens is 316 g/mol. The number of fused-ring (bicyclic) bond motifs is 1. The number of anilines is 1. The molecule has 2 aromatic carbocycles. The minimum absolute atomic E-state index is 0.0752. The minimum atomic E-state index is -0.0752. The molecule has 0 aliphatic rings. The molecule has 0 aliphatic carbocycles. The van der Waals surface area contributed by atoms with Gasteiger partial charge in [-0.3, -0.25) is 4.79 Å². The van der Waals surface area contributed by atoms with Crippen molar-refractivity contribution in [1.29, 1.82) is 0 Å².